The average molecular weight is 362 g/mol. The van der Waals surface area contributed by atoms with Crippen LogP contribution in [0, 0.1) is 0 Å². The van der Waals surface area contributed by atoms with Crippen molar-refractivity contribution in [1.29, 1.82) is 0 Å². The number of piperidine rings is 1. The first-order valence-corrected chi connectivity index (χ1v) is 9.20. The number of rotatable bonds is 6. The van der Waals surface area contributed by atoms with Crippen LogP contribution in [0.2, 0.25) is 0 Å². The van der Waals surface area contributed by atoms with Crippen molar-refractivity contribution in [2.45, 2.75) is 25.4 Å². The van der Waals surface area contributed by atoms with Crippen LogP contribution >= 0.6 is 0 Å². The van der Waals surface area contributed by atoms with E-state index in [0.717, 1.165) is 25.9 Å². The highest BCUT2D eigenvalue weighted by molar-refractivity contribution is 5.94. The third-order valence-electron chi connectivity index (χ3n) is 4.56. The topological polar surface area (TPSA) is 77.1 Å². The molecular weight excluding hydrogens is 336 g/mol. The van der Waals surface area contributed by atoms with E-state index in [1.54, 1.807) is 24.3 Å². The summed E-state index contributed by atoms with van der Waals surface area (Å²) in [5.74, 6) is 0.423. The van der Waals surface area contributed by atoms with Gasteiger partial charge in [0.25, 0.3) is 11.8 Å². The molecule has 3 rings (SSSR count). The second-order valence-electron chi connectivity index (χ2n) is 6.53. The van der Waals surface area contributed by atoms with Crippen LogP contribution in [0.15, 0.2) is 24.3 Å². The van der Waals surface area contributed by atoms with E-state index in [9.17, 15) is 9.59 Å². The molecule has 7 nitrogen and oxygen atoms in total. The highest BCUT2D eigenvalue weighted by Gasteiger charge is 2.17. The minimum absolute atomic E-state index is 0.0150. The normalized spacial score (nSPS) is 20.5. The molecule has 1 aromatic rings. The van der Waals surface area contributed by atoms with Gasteiger partial charge in [0.15, 0.2) is 6.61 Å². The minimum atomic E-state index is -0.171. The van der Waals surface area contributed by atoms with E-state index in [0.29, 0.717) is 37.7 Å². The van der Waals surface area contributed by atoms with Crippen LogP contribution in [0.1, 0.15) is 29.6 Å². The Morgan fingerprint density at radius 1 is 1.12 bits per heavy atom. The van der Waals surface area contributed by atoms with Crippen molar-refractivity contribution in [1.82, 2.24) is 10.2 Å². The molecule has 1 unspecified atom stereocenters. The molecule has 1 N–H and O–H groups in total. The fourth-order valence-electron chi connectivity index (χ4n) is 3.05. The van der Waals surface area contributed by atoms with E-state index in [1.807, 2.05) is 4.90 Å². The lowest BCUT2D eigenvalue weighted by atomic mass is 10.1. The Labute approximate surface area is 153 Å². The van der Waals surface area contributed by atoms with Crippen molar-refractivity contribution in [3.8, 4) is 5.75 Å². The summed E-state index contributed by atoms with van der Waals surface area (Å²) in [5.41, 5.74) is 0.538. The Kier molecular flexibility index (Phi) is 6.85. The number of carbonyl (C=O) groups is 2. The fraction of sp³-hybridized carbons (Fsp3) is 0.579. The third kappa shape index (κ3) is 5.44. The summed E-state index contributed by atoms with van der Waals surface area (Å²) >= 11 is 0. The van der Waals surface area contributed by atoms with Gasteiger partial charge in [0.1, 0.15) is 5.75 Å². The van der Waals surface area contributed by atoms with Crippen molar-refractivity contribution in [3.05, 3.63) is 29.8 Å². The molecule has 142 valence electrons. The van der Waals surface area contributed by atoms with Crippen molar-refractivity contribution in [2.24, 2.45) is 0 Å². The lowest BCUT2D eigenvalue weighted by molar-refractivity contribution is -0.134. The number of amides is 2. The summed E-state index contributed by atoms with van der Waals surface area (Å²) in [6, 6.07) is 6.79. The number of carbonyl (C=O) groups excluding carboxylic acids is 2. The summed E-state index contributed by atoms with van der Waals surface area (Å²) < 4.78 is 16.3. The number of hydrogen-bond donors (Lipinski definition) is 1. The first kappa shape index (κ1) is 18.7. The predicted molar refractivity (Wildman–Crippen MR) is 95.3 cm³/mol. The number of nitrogens with one attached hydrogen (secondary N) is 1. The molecule has 26 heavy (non-hydrogen) atoms. The minimum Gasteiger partial charge on any atom is -0.484 e. The van der Waals surface area contributed by atoms with Gasteiger partial charge in [-0.15, -0.1) is 0 Å². The molecule has 0 bridgehead atoms. The molecule has 2 aliphatic heterocycles. The molecule has 0 aliphatic carbocycles. The Bertz CT molecular complexity index is 592. The lowest BCUT2D eigenvalue weighted by Gasteiger charge is -2.26. The van der Waals surface area contributed by atoms with Gasteiger partial charge in [0.05, 0.1) is 25.9 Å². The summed E-state index contributed by atoms with van der Waals surface area (Å²) in [4.78, 5) is 26.1. The van der Waals surface area contributed by atoms with Gasteiger partial charge in [-0.2, -0.15) is 0 Å². The Morgan fingerprint density at radius 2 is 1.88 bits per heavy atom. The van der Waals surface area contributed by atoms with Gasteiger partial charge < -0.3 is 24.4 Å². The largest absolute Gasteiger partial charge is 0.484 e. The van der Waals surface area contributed by atoms with Crippen LogP contribution in [0.3, 0.4) is 0 Å². The van der Waals surface area contributed by atoms with E-state index in [4.69, 9.17) is 14.2 Å². The Morgan fingerprint density at radius 3 is 2.58 bits per heavy atom. The van der Waals surface area contributed by atoms with Crippen LogP contribution in [0.25, 0.3) is 0 Å². The van der Waals surface area contributed by atoms with Crippen molar-refractivity contribution >= 4 is 11.8 Å². The van der Waals surface area contributed by atoms with E-state index in [-0.39, 0.29) is 24.5 Å². The standard InChI is InChI=1S/C19H26N2O5/c22-18(21-8-2-1-3-9-21)14-26-16-6-4-15(5-7-16)19(23)20-12-17-13-24-10-11-25-17/h4-7,17H,1-3,8-14H2,(H,20,23). The molecule has 0 aromatic heterocycles. The van der Waals surface area contributed by atoms with Gasteiger partial charge in [-0.1, -0.05) is 0 Å². The molecule has 2 fully saturated rings. The van der Waals surface area contributed by atoms with Gasteiger partial charge in [0, 0.05) is 25.2 Å². The molecule has 2 amide bonds. The smallest absolute Gasteiger partial charge is 0.260 e. The van der Waals surface area contributed by atoms with Gasteiger partial charge in [-0.3, -0.25) is 9.59 Å². The summed E-state index contributed by atoms with van der Waals surface area (Å²) in [7, 11) is 0. The quantitative estimate of drug-likeness (QED) is 0.823. The zero-order valence-electron chi connectivity index (χ0n) is 14.9. The number of likely N-dealkylation sites (tertiary alicyclic amines) is 1. The van der Waals surface area contributed by atoms with Gasteiger partial charge in [0.2, 0.25) is 0 Å². The first-order chi connectivity index (χ1) is 12.7. The molecule has 1 aromatic carbocycles. The molecule has 0 spiro atoms. The van der Waals surface area contributed by atoms with Crippen molar-refractivity contribution in [2.75, 3.05) is 46.1 Å². The molecule has 2 heterocycles. The first-order valence-electron chi connectivity index (χ1n) is 9.20. The Hall–Kier alpha value is -2.12. The summed E-state index contributed by atoms with van der Waals surface area (Å²) in [6.45, 7) is 3.74. The SMILES string of the molecule is O=C(NCC1COCCO1)c1ccc(OCC(=O)N2CCCCC2)cc1. The predicted octanol–water partition coefficient (Wildman–Crippen LogP) is 1.22. The highest BCUT2D eigenvalue weighted by atomic mass is 16.6. The molecule has 7 heteroatoms. The number of nitrogens with zero attached hydrogens (tertiary/aromatic N) is 1. The zero-order valence-corrected chi connectivity index (χ0v) is 14.9. The van der Waals surface area contributed by atoms with E-state index >= 15 is 0 Å². The Balaban J connectivity index is 1.42. The fourth-order valence-corrected chi connectivity index (χ4v) is 3.05. The zero-order chi connectivity index (χ0) is 18.2. The molecule has 1 atom stereocenters. The highest BCUT2D eigenvalue weighted by Crippen LogP contribution is 2.14. The van der Waals surface area contributed by atoms with Crippen LogP contribution < -0.4 is 10.1 Å². The van der Waals surface area contributed by atoms with Gasteiger partial charge in [-0.25, -0.2) is 0 Å². The van der Waals surface area contributed by atoms with E-state index < -0.39 is 0 Å². The monoisotopic (exact) mass is 362 g/mol. The van der Waals surface area contributed by atoms with Crippen LogP contribution in [-0.2, 0) is 14.3 Å². The van der Waals surface area contributed by atoms with Gasteiger partial charge >= 0.3 is 0 Å². The maximum atomic E-state index is 12.2. The van der Waals surface area contributed by atoms with Crippen molar-refractivity contribution < 1.29 is 23.8 Å². The number of ether oxygens (including phenoxy) is 3. The molecular formula is C19H26N2O5. The van der Waals surface area contributed by atoms with E-state index in [2.05, 4.69) is 5.32 Å². The third-order valence-corrected chi connectivity index (χ3v) is 4.56. The average Bonchev–Trinajstić information content (AvgIpc) is 2.72. The van der Waals surface area contributed by atoms with E-state index in [1.165, 1.54) is 6.42 Å². The maximum Gasteiger partial charge on any atom is 0.260 e. The van der Waals surface area contributed by atoms with Gasteiger partial charge in [-0.05, 0) is 43.5 Å². The van der Waals surface area contributed by atoms with Crippen LogP contribution in [0.5, 0.6) is 5.75 Å². The van der Waals surface area contributed by atoms with Crippen LogP contribution in [0.4, 0.5) is 0 Å². The molecule has 2 saturated heterocycles. The lowest BCUT2D eigenvalue weighted by Crippen LogP contribution is -2.39. The number of hydrogen-bond acceptors (Lipinski definition) is 5. The second-order valence-corrected chi connectivity index (χ2v) is 6.53. The summed E-state index contributed by atoms with van der Waals surface area (Å²) in [5, 5.41) is 2.84. The molecule has 0 saturated carbocycles. The molecule has 2 aliphatic rings. The van der Waals surface area contributed by atoms with Crippen LogP contribution in [-0.4, -0.2) is 68.9 Å². The van der Waals surface area contributed by atoms with Crippen molar-refractivity contribution in [3.63, 3.8) is 0 Å². The summed E-state index contributed by atoms with van der Waals surface area (Å²) in [6.07, 6.45) is 3.21. The molecule has 0 radical (unpaired) electrons. The number of benzene rings is 1. The second kappa shape index (κ2) is 9.54. The maximum absolute atomic E-state index is 12.2.